The second-order valence-electron chi connectivity index (χ2n) is 26.1. The zero-order chi connectivity index (χ0) is 69.1. The maximum atomic E-state index is 14.8. The highest BCUT2D eigenvalue weighted by Gasteiger charge is 2.46. The standard InChI is InChI=1S/C65H97ClF3N11O11/c1-19-39(7)54-62(90)77(16)42(10)57(85)80-29-28-50(80)61(89)78(17)51(34-44-22-20-38(6)21-23-44)60(88)74(13)35-52(81)70-47(27-25-43-24-26-45(46(66)33-43)65(67,68)69)56(84)71-49(31-37(4)5)59(87)79(18)64(11,12)63(91)72-48(30-36(2)3)58(86)75(14)40(8)32-53(82)76(15)41(9)55(83)73-54/h20-24,26,33,36-37,39-42,47-51,54H,19,25,27-32,34-35H2,1-18H3,(H,70,81)(H,71,84)(H,72,91)(H,73,83)/t39?,40-,41+,42+,47+,48+,49+,50+,51+,54+/m1/s1. The van der Waals surface area contributed by atoms with Crippen LogP contribution >= 0.6 is 11.6 Å². The van der Waals surface area contributed by atoms with Crippen LogP contribution in [0.1, 0.15) is 137 Å². The van der Waals surface area contributed by atoms with Crippen molar-refractivity contribution in [3.63, 3.8) is 0 Å². The van der Waals surface area contributed by atoms with Crippen LogP contribution in [0.15, 0.2) is 42.5 Å². The third kappa shape index (κ3) is 19.6. The number of fused-ring (bicyclic) bond motifs is 1. The molecule has 2 aromatic rings. The van der Waals surface area contributed by atoms with E-state index in [2.05, 4.69) is 21.3 Å². The van der Waals surface area contributed by atoms with E-state index in [4.69, 9.17) is 11.6 Å². The van der Waals surface area contributed by atoms with Crippen molar-refractivity contribution in [1.82, 2.24) is 55.6 Å². The maximum Gasteiger partial charge on any atom is 0.417 e. The lowest BCUT2D eigenvalue weighted by molar-refractivity contribution is -0.160. The number of aryl methyl sites for hydroxylation is 2. The summed E-state index contributed by atoms with van der Waals surface area (Å²) >= 11 is 6.09. The second kappa shape index (κ2) is 32.3. The van der Waals surface area contributed by atoms with Gasteiger partial charge in [0, 0.05) is 67.7 Å². The van der Waals surface area contributed by atoms with Crippen LogP contribution in [0.5, 0.6) is 0 Å². The predicted octanol–water partition coefficient (Wildman–Crippen LogP) is 4.99. The van der Waals surface area contributed by atoms with Gasteiger partial charge in [-0.1, -0.05) is 95.5 Å². The minimum atomic E-state index is -4.77. The molecule has 2 aliphatic rings. The number of carbonyl (C=O) groups is 11. The first kappa shape index (κ1) is 76.1. The number of hydrogen-bond acceptors (Lipinski definition) is 11. The first-order valence-electron chi connectivity index (χ1n) is 31.2. The van der Waals surface area contributed by atoms with Crippen LogP contribution in [0, 0.1) is 24.7 Å². The largest absolute Gasteiger partial charge is 0.417 e. The van der Waals surface area contributed by atoms with Gasteiger partial charge < -0.3 is 55.6 Å². The molecule has 4 N–H and O–H groups in total. The fourth-order valence-corrected chi connectivity index (χ4v) is 11.1. The summed E-state index contributed by atoms with van der Waals surface area (Å²) in [6.45, 7) is 19.7. The smallest absolute Gasteiger partial charge is 0.343 e. The number of likely N-dealkylation sites (N-methyl/N-ethyl adjacent to an activating group) is 6. The molecule has 0 aromatic heterocycles. The van der Waals surface area contributed by atoms with Gasteiger partial charge in [-0.25, -0.2) is 0 Å². The molecular weight excluding hydrogens is 1200 g/mol. The third-order valence-corrected chi connectivity index (χ3v) is 18.3. The Morgan fingerprint density at radius 1 is 0.637 bits per heavy atom. The van der Waals surface area contributed by atoms with Crippen molar-refractivity contribution in [2.75, 3.05) is 55.4 Å². The van der Waals surface area contributed by atoms with E-state index >= 15 is 0 Å². The van der Waals surface area contributed by atoms with E-state index in [1.54, 1.807) is 39.8 Å². The van der Waals surface area contributed by atoms with Crippen LogP contribution in [-0.4, -0.2) is 215 Å². The number of benzene rings is 2. The summed E-state index contributed by atoms with van der Waals surface area (Å²) in [7, 11) is 8.39. The van der Waals surface area contributed by atoms with Crippen molar-refractivity contribution >= 4 is 76.6 Å². The topological polar surface area (TPSA) is 259 Å². The predicted molar refractivity (Wildman–Crippen MR) is 338 cm³/mol. The van der Waals surface area contributed by atoms with Crippen LogP contribution in [0.25, 0.3) is 0 Å². The molecule has 4 rings (SSSR count). The van der Waals surface area contributed by atoms with Crippen LogP contribution in [0.2, 0.25) is 5.02 Å². The fraction of sp³-hybridized carbons (Fsp3) is 0.646. The molecule has 2 fully saturated rings. The molecule has 22 nitrogen and oxygen atoms in total. The van der Waals surface area contributed by atoms with Gasteiger partial charge >= 0.3 is 6.18 Å². The summed E-state index contributed by atoms with van der Waals surface area (Å²) in [6.07, 6.45) is -4.65. The molecule has 506 valence electrons. The van der Waals surface area contributed by atoms with Crippen molar-refractivity contribution in [3.05, 3.63) is 69.7 Å². The van der Waals surface area contributed by atoms with E-state index in [1.165, 1.54) is 101 Å². The summed E-state index contributed by atoms with van der Waals surface area (Å²) in [6, 6.07) is -0.271. The number of nitrogens with one attached hydrogen (secondary N) is 4. The zero-order valence-corrected chi connectivity index (χ0v) is 56.9. The van der Waals surface area contributed by atoms with E-state index in [9.17, 15) is 65.9 Å². The Labute approximate surface area is 539 Å². The van der Waals surface area contributed by atoms with Crippen LogP contribution in [0.4, 0.5) is 13.2 Å². The number of nitrogens with zero attached hydrogens (tertiary/aromatic N) is 7. The molecule has 10 atom stereocenters. The molecule has 1 unspecified atom stereocenters. The molecule has 0 radical (unpaired) electrons. The van der Waals surface area contributed by atoms with Gasteiger partial charge in [0.15, 0.2) is 0 Å². The molecule has 91 heavy (non-hydrogen) atoms. The molecule has 0 spiro atoms. The Morgan fingerprint density at radius 2 is 1.21 bits per heavy atom. The van der Waals surface area contributed by atoms with Gasteiger partial charge in [-0.05, 0) is 115 Å². The van der Waals surface area contributed by atoms with E-state index in [-0.39, 0.29) is 68.9 Å². The molecule has 0 saturated carbocycles. The average molecular weight is 1300 g/mol. The van der Waals surface area contributed by atoms with Crippen molar-refractivity contribution in [3.8, 4) is 0 Å². The molecule has 0 bridgehead atoms. The van der Waals surface area contributed by atoms with Gasteiger partial charge in [-0.3, -0.25) is 52.7 Å². The Morgan fingerprint density at radius 3 is 1.74 bits per heavy atom. The molecular formula is C65H97ClF3N11O11. The van der Waals surface area contributed by atoms with Crippen LogP contribution in [-0.2, 0) is 71.8 Å². The monoisotopic (exact) mass is 1300 g/mol. The van der Waals surface area contributed by atoms with E-state index in [0.29, 0.717) is 12.0 Å². The minimum absolute atomic E-state index is 0.0171. The maximum absolute atomic E-state index is 14.8. The molecule has 2 saturated heterocycles. The van der Waals surface area contributed by atoms with Crippen LogP contribution < -0.4 is 21.3 Å². The van der Waals surface area contributed by atoms with E-state index < -0.39 is 154 Å². The number of amides is 11. The number of halogens is 4. The molecule has 2 heterocycles. The number of rotatable bonds is 11. The lowest BCUT2D eigenvalue weighted by Gasteiger charge is -2.45. The highest BCUT2D eigenvalue weighted by atomic mass is 35.5. The Kier molecular flexibility index (Phi) is 27.0. The Bertz CT molecular complexity index is 2980. The fourth-order valence-electron chi connectivity index (χ4n) is 10.8. The summed E-state index contributed by atoms with van der Waals surface area (Å²) < 4.78 is 41.3. The summed E-state index contributed by atoms with van der Waals surface area (Å²) in [5.41, 5.74) is -0.958. The highest BCUT2D eigenvalue weighted by molar-refractivity contribution is 6.31. The Balaban J connectivity index is 1.84. The van der Waals surface area contributed by atoms with Gasteiger partial charge in [0.2, 0.25) is 65.0 Å². The van der Waals surface area contributed by atoms with Gasteiger partial charge in [0.25, 0.3) is 0 Å². The van der Waals surface area contributed by atoms with Gasteiger partial charge in [-0.2, -0.15) is 13.2 Å². The quantitative estimate of drug-likeness (QED) is 0.233. The first-order valence-corrected chi connectivity index (χ1v) is 31.5. The SMILES string of the molecule is CCC(C)[C@@H]1NC(=O)[C@H](C)N(C)C(=O)C[C@@H](C)N(C)C(=O)[C@H](CC(C)C)NC(=O)C(C)(C)N(C)C(=O)[C@H](CC(C)C)NC(=O)[C@H](CCc2ccc(C(F)(F)F)c(Cl)c2)NC(=O)CN(C)C(=O)[C@H](Cc2ccc(C)cc2)N(C)C(=O)[C@@H]2CCN2C(=O)[C@H](C)N(C)C1=O. The minimum Gasteiger partial charge on any atom is -0.343 e. The van der Waals surface area contributed by atoms with Crippen LogP contribution in [0.3, 0.4) is 0 Å². The Hall–Kier alpha value is -7.31. The first-order chi connectivity index (χ1) is 42.2. The lowest BCUT2D eigenvalue weighted by atomic mass is 9.95. The second-order valence-corrected chi connectivity index (χ2v) is 26.5. The van der Waals surface area contributed by atoms with E-state index in [1.807, 2.05) is 39.8 Å². The highest BCUT2D eigenvalue weighted by Crippen LogP contribution is 2.35. The molecule has 0 aliphatic carbocycles. The van der Waals surface area contributed by atoms with Gasteiger partial charge in [0.05, 0.1) is 17.1 Å². The molecule has 11 amide bonds. The summed E-state index contributed by atoms with van der Waals surface area (Å²) in [5, 5.41) is 10.4. The normalized spacial score (nSPS) is 25.7. The zero-order valence-electron chi connectivity index (χ0n) is 56.2. The molecule has 2 aromatic carbocycles. The summed E-state index contributed by atoms with van der Waals surface area (Å²) in [5.74, 6) is -8.35. The number of hydrogen-bond donors (Lipinski definition) is 4. The molecule has 2 aliphatic heterocycles. The van der Waals surface area contributed by atoms with Crippen molar-refractivity contribution in [2.24, 2.45) is 17.8 Å². The van der Waals surface area contributed by atoms with Gasteiger partial charge in [-0.15, -0.1) is 0 Å². The summed E-state index contributed by atoms with van der Waals surface area (Å²) in [4.78, 5) is 168. The number of carbonyl (C=O) groups excluding carboxylic acids is 11. The average Bonchev–Trinajstić information content (AvgIpc) is 0.906. The van der Waals surface area contributed by atoms with Gasteiger partial charge in [0.1, 0.15) is 53.9 Å². The van der Waals surface area contributed by atoms with Crippen molar-refractivity contribution < 1.29 is 65.9 Å². The van der Waals surface area contributed by atoms with E-state index in [0.717, 1.165) is 27.5 Å². The third-order valence-electron chi connectivity index (χ3n) is 18.0. The lowest BCUT2D eigenvalue weighted by Crippen LogP contribution is -2.65. The van der Waals surface area contributed by atoms with Crippen molar-refractivity contribution in [1.29, 1.82) is 0 Å². The molecule has 26 heteroatoms. The number of alkyl halides is 3. The van der Waals surface area contributed by atoms with Crippen molar-refractivity contribution in [2.45, 2.75) is 201 Å².